The Morgan fingerprint density at radius 3 is 1.40 bits per heavy atom. The molecule has 0 N–H and O–H groups in total. The fourth-order valence-corrected chi connectivity index (χ4v) is 13.8. The zero-order valence-corrected chi connectivity index (χ0v) is 46.7. The number of fused-ring (bicyclic) bond motifs is 7. The maximum Gasteiger partial charge on any atom is 0.0714 e. The predicted octanol–water partition coefficient (Wildman–Crippen LogP) is 22.1. The van der Waals surface area contributed by atoms with Gasteiger partial charge < -0.3 is 9.47 Å². The van der Waals surface area contributed by atoms with Crippen LogP contribution in [0.15, 0.2) is 340 Å². The van der Waals surface area contributed by atoms with Crippen LogP contribution < -0.4 is 4.90 Å². The van der Waals surface area contributed by atoms with Crippen LogP contribution in [-0.2, 0) is 5.41 Å². The normalized spacial score (nSPS) is 12.3. The largest absolute Gasteiger partial charge is 0.310 e. The van der Waals surface area contributed by atoms with E-state index in [-0.39, 0.29) is 0 Å². The Bertz CT molecular complexity index is 4930. The van der Waals surface area contributed by atoms with Crippen LogP contribution in [0, 0.1) is 0 Å². The van der Waals surface area contributed by atoms with E-state index in [1.165, 1.54) is 93.8 Å². The van der Waals surface area contributed by atoms with Crippen molar-refractivity contribution in [1.82, 2.24) is 4.57 Å². The molecule has 0 unspecified atom stereocenters. The molecular formula is C83H56N2. The van der Waals surface area contributed by atoms with Crippen molar-refractivity contribution >= 4 is 49.6 Å². The van der Waals surface area contributed by atoms with Crippen LogP contribution >= 0.6 is 0 Å². The molecular weight excluding hydrogens is 1020 g/mol. The van der Waals surface area contributed by atoms with Crippen molar-refractivity contribution in [1.29, 1.82) is 0 Å². The number of para-hydroxylation sites is 2. The Labute approximate surface area is 496 Å². The summed E-state index contributed by atoms with van der Waals surface area (Å²) in [5, 5.41) is 4.85. The summed E-state index contributed by atoms with van der Waals surface area (Å²) in [6, 6.07) is 126. The van der Waals surface area contributed by atoms with Crippen molar-refractivity contribution in [2.24, 2.45) is 0 Å². The predicted molar refractivity (Wildman–Crippen MR) is 357 cm³/mol. The topological polar surface area (TPSA) is 8.17 Å². The van der Waals surface area contributed by atoms with Gasteiger partial charge in [-0.2, -0.15) is 0 Å². The molecule has 1 aliphatic carbocycles. The molecule has 85 heavy (non-hydrogen) atoms. The summed E-state index contributed by atoms with van der Waals surface area (Å²) in [6.45, 7) is 0. The van der Waals surface area contributed by atoms with Gasteiger partial charge in [0.05, 0.1) is 16.4 Å². The number of benzene rings is 14. The fourth-order valence-electron chi connectivity index (χ4n) is 13.8. The standard InChI is InChI=1S/C83H56N2/c1-6-22-57(23-7-1)59-42-45-68(46-43-59)84(70-48-51-75-74-34-18-20-36-79(74)83(80(75)56-70,65-26-10-3-11-27-65)66-28-12-4-13-29-66)69-47-50-73(78(55-69)62-41-39-60-38-40-61(52-64(60)53-62)58-24-8-2-9-25-58)72-33-17-16-32-71(72)63-44-49-77-76-35-19-21-37-81(76)85(82(77)54-63)67-30-14-5-15-31-67/h1-56H. The zero-order valence-electron chi connectivity index (χ0n) is 46.7. The number of anilines is 3. The molecule has 14 aromatic carbocycles. The lowest BCUT2D eigenvalue weighted by atomic mass is 9.67. The van der Waals surface area contributed by atoms with Gasteiger partial charge in [-0.05, 0) is 173 Å². The summed E-state index contributed by atoms with van der Waals surface area (Å²) in [5.74, 6) is 0. The Morgan fingerprint density at radius 1 is 0.235 bits per heavy atom. The van der Waals surface area contributed by atoms with Gasteiger partial charge in [0.25, 0.3) is 0 Å². The fraction of sp³-hybridized carbons (Fsp3) is 0.0120. The van der Waals surface area contributed by atoms with Gasteiger partial charge in [0.2, 0.25) is 0 Å². The Balaban J connectivity index is 0.932. The number of nitrogens with zero attached hydrogens (tertiary/aromatic N) is 2. The second-order valence-electron chi connectivity index (χ2n) is 22.3. The molecule has 0 fully saturated rings. The van der Waals surface area contributed by atoms with E-state index in [1.54, 1.807) is 0 Å². The van der Waals surface area contributed by atoms with E-state index in [0.717, 1.165) is 50.6 Å². The molecule has 0 aliphatic heterocycles. The van der Waals surface area contributed by atoms with Crippen molar-refractivity contribution in [2.75, 3.05) is 4.90 Å². The summed E-state index contributed by atoms with van der Waals surface area (Å²) in [4.78, 5) is 2.48. The van der Waals surface area contributed by atoms with Crippen molar-refractivity contribution in [3.63, 3.8) is 0 Å². The molecule has 16 rings (SSSR count). The van der Waals surface area contributed by atoms with Gasteiger partial charge in [-0.25, -0.2) is 0 Å². The van der Waals surface area contributed by atoms with Crippen LogP contribution in [0.1, 0.15) is 22.3 Å². The van der Waals surface area contributed by atoms with Gasteiger partial charge >= 0.3 is 0 Å². The molecule has 0 radical (unpaired) electrons. The van der Waals surface area contributed by atoms with Crippen LogP contribution in [0.2, 0.25) is 0 Å². The molecule has 0 saturated heterocycles. The van der Waals surface area contributed by atoms with E-state index in [1.807, 2.05) is 0 Å². The molecule has 15 aromatic rings. The van der Waals surface area contributed by atoms with Gasteiger partial charge in [0.1, 0.15) is 0 Å². The molecule has 0 amide bonds. The molecule has 0 saturated carbocycles. The van der Waals surface area contributed by atoms with E-state index in [2.05, 4.69) is 349 Å². The van der Waals surface area contributed by atoms with E-state index in [4.69, 9.17) is 0 Å². The van der Waals surface area contributed by atoms with E-state index >= 15 is 0 Å². The van der Waals surface area contributed by atoms with E-state index in [0.29, 0.717) is 0 Å². The first kappa shape index (κ1) is 49.7. The average molecular weight is 1080 g/mol. The number of hydrogen-bond donors (Lipinski definition) is 0. The minimum atomic E-state index is -0.575. The first-order valence-corrected chi connectivity index (χ1v) is 29.4. The smallest absolute Gasteiger partial charge is 0.0714 e. The summed E-state index contributed by atoms with van der Waals surface area (Å²) in [7, 11) is 0. The number of rotatable bonds is 11. The lowest BCUT2D eigenvalue weighted by molar-refractivity contribution is 0.768. The third kappa shape index (κ3) is 8.41. The number of hydrogen-bond acceptors (Lipinski definition) is 1. The minimum Gasteiger partial charge on any atom is -0.310 e. The van der Waals surface area contributed by atoms with Crippen molar-refractivity contribution in [3.8, 4) is 72.4 Å². The highest BCUT2D eigenvalue weighted by Gasteiger charge is 2.46. The molecule has 1 aliphatic rings. The third-order valence-corrected chi connectivity index (χ3v) is 17.7. The van der Waals surface area contributed by atoms with Crippen LogP contribution in [0.4, 0.5) is 17.1 Å². The van der Waals surface area contributed by atoms with Crippen molar-refractivity contribution in [2.45, 2.75) is 5.41 Å². The van der Waals surface area contributed by atoms with Gasteiger partial charge in [-0.1, -0.05) is 267 Å². The molecule has 1 heterocycles. The van der Waals surface area contributed by atoms with Crippen molar-refractivity contribution < 1.29 is 0 Å². The molecule has 0 bridgehead atoms. The maximum atomic E-state index is 2.48. The highest BCUT2D eigenvalue weighted by atomic mass is 15.1. The van der Waals surface area contributed by atoms with Crippen LogP contribution in [0.25, 0.3) is 105 Å². The molecule has 0 spiro atoms. The van der Waals surface area contributed by atoms with Gasteiger partial charge in [-0.15, -0.1) is 0 Å². The second kappa shape index (κ2) is 20.7. The SMILES string of the molecule is c1ccc(-c2ccc(N(c3ccc(-c4ccccc4-c4ccc5c6ccccc6n(-c6ccccc6)c5c4)c(-c4ccc5ccc(-c6ccccc6)cc5c4)c3)c3ccc4c(c3)C(c3ccccc3)(c3ccccc3)c3ccccc3-4)cc2)cc1. The Morgan fingerprint density at radius 2 is 0.694 bits per heavy atom. The minimum absolute atomic E-state index is 0.575. The monoisotopic (exact) mass is 1080 g/mol. The van der Waals surface area contributed by atoms with Crippen molar-refractivity contribution in [3.05, 3.63) is 362 Å². The molecule has 0 atom stereocenters. The molecule has 2 nitrogen and oxygen atoms in total. The lowest BCUT2D eigenvalue weighted by Crippen LogP contribution is -2.28. The maximum absolute atomic E-state index is 2.48. The summed E-state index contributed by atoms with van der Waals surface area (Å²) >= 11 is 0. The molecule has 398 valence electrons. The molecule has 2 heteroatoms. The van der Waals surface area contributed by atoms with E-state index < -0.39 is 5.41 Å². The quantitative estimate of drug-likeness (QED) is 0.125. The summed E-state index contributed by atoms with van der Waals surface area (Å²) < 4.78 is 2.41. The first-order chi connectivity index (χ1) is 42.2. The zero-order chi connectivity index (χ0) is 56.3. The van der Waals surface area contributed by atoms with Gasteiger partial charge in [0.15, 0.2) is 0 Å². The second-order valence-corrected chi connectivity index (χ2v) is 22.3. The average Bonchev–Trinajstić information content (AvgIpc) is 1.68. The van der Waals surface area contributed by atoms with Crippen LogP contribution in [0.3, 0.4) is 0 Å². The number of aromatic nitrogens is 1. The lowest BCUT2D eigenvalue weighted by Gasteiger charge is -2.35. The van der Waals surface area contributed by atoms with Crippen LogP contribution in [-0.4, -0.2) is 4.57 Å². The third-order valence-electron chi connectivity index (χ3n) is 17.7. The van der Waals surface area contributed by atoms with Crippen LogP contribution in [0.5, 0.6) is 0 Å². The summed E-state index contributed by atoms with van der Waals surface area (Å²) in [6.07, 6.45) is 0. The van der Waals surface area contributed by atoms with Gasteiger partial charge in [0, 0.05) is 33.5 Å². The Kier molecular flexibility index (Phi) is 12.1. The highest BCUT2D eigenvalue weighted by Crippen LogP contribution is 2.57. The van der Waals surface area contributed by atoms with E-state index in [9.17, 15) is 0 Å². The summed E-state index contributed by atoms with van der Waals surface area (Å²) in [5.41, 5.74) is 25.3. The first-order valence-electron chi connectivity index (χ1n) is 29.4. The highest BCUT2D eigenvalue weighted by molar-refractivity contribution is 6.11. The Hall–Kier alpha value is -11.1. The molecule has 1 aromatic heterocycles. The van der Waals surface area contributed by atoms with Gasteiger partial charge in [-0.3, -0.25) is 0 Å².